The summed E-state index contributed by atoms with van der Waals surface area (Å²) in [6.07, 6.45) is -1.55. The summed E-state index contributed by atoms with van der Waals surface area (Å²) < 4.78 is 58.5. The molecule has 0 spiro atoms. The molecular formula is C17H23F4NO3. The number of amides is 1. The molecule has 1 saturated carbocycles. The van der Waals surface area contributed by atoms with Gasteiger partial charge in [0.15, 0.2) is 0 Å². The molecule has 0 radical (unpaired) electrons. The molecule has 0 unspecified atom stereocenters. The van der Waals surface area contributed by atoms with Gasteiger partial charge in [-0.1, -0.05) is 0 Å². The van der Waals surface area contributed by atoms with Gasteiger partial charge in [-0.3, -0.25) is 0 Å². The Balaban J connectivity index is 0.000000251. The van der Waals surface area contributed by atoms with Gasteiger partial charge in [-0.05, 0) is 58.2 Å². The Morgan fingerprint density at radius 1 is 1.20 bits per heavy atom. The highest BCUT2D eigenvalue weighted by Crippen LogP contribution is 2.33. The number of carbonyl (C=O) groups excluding carboxylic acids is 1. The first-order valence-electron chi connectivity index (χ1n) is 7.82. The molecule has 0 aromatic heterocycles. The van der Waals surface area contributed by atoms with Crippen LogP contribution in [0, 0.1) is 5.82 Å². The molecule has 1 aliphatic carbocycles. The highest BCUT2D eigenvalue weighted by molar-refractivity contribution is 5.68. The molecule has 2 rings (SSSR count). The van der Waals surface area contributed by atoms with Crippen molar-refractivity contribution in [3.8, 4) is 5.75 Å². The number of hydrogen-bond donors (Lipinski definition) is 1. The molecule has 25 heavy (non-hydrogen) atoms. The second-order valence-corrected chi connectivity index (χ2v) is 6.62. The van der Waals surface area contributed by atoms with E-state index in [1.165, 1.54) is 13.5 Å². The van der Waals surface area contributed by atoms with Crippen LogP contribution in [0.1, 0.15) is 45.6 Å². The SMILES string of the molecule is CC(C)(C)OC(=O)NC1CCC1.COc1ccc(F)c(C(F)(F)F)c1. The monoisotopic (exact) mass is 365 g/mol. The average molecular weight is 365 g/mol. The van der Waals surface area contributed by atoms with Gasteiger partial charge in [-0.15, -0.1) is 0 Å². The molecule has 0 bridgehead atoms. The van der Waals surface area contributed by atoms with E-state index >= 15 is 0 Å². The van der Waals surface area contributed by atoms with E-state index < -0.39 is 17.6 Å². The zero-order valence-electron chi connectivity index (χ0n) is 14.7. The summed E-state index contributed by atoms with van der Waals surface area (Å²) in [6.45, 7) is 5.61. The molecule has 0 heterocycles. The fraction of sp³-hybridized carbons (Fsp3) is 0.588. The molecular weight excluding hydrogens is 342 g/mol. The maximum atomic E-state index is 12.6. The van der Waals surface area contributed by atoms with Crippen molar-refractivity contribution in [3.05, 3.63) is 29.6 Å². The zero-order chi connectivity index (χ0) is 19.3. The van der Waals surface area contributed by atoms with Crippen molar-refractivity contribution in [1.29, 1.82) is 0 Å². The molecule has 142 valence electrons. The van der Waals surface area contributed by atoms with Crippen LogP contribution in [0.2, 0.25) is 0 Å². The van der Waals surface area contributed by atoms with E-state index in [1.807, 2.05) is 20.8 Å². The van der Waals surface area contributed by atoms with Gasteiger partial charge >= 0.3 is 12.3 Å². The lowest BCUT2D eigenvalue weighted by atomic mass is 9.93. The Labute approximate surface area is 144 Å². The maximum Gasteiger partial charge on any atom is 0.419 e. The lowest BCUT2D eigenvalue weighted by molar-refractivity contribution is -0.140. The van der Waals surface area contributed by atoms with Gasteiger partial charge in [0.05, 0.1) is 12.7 Å². The van der Waals surface area contributed by atoms with Crippen LogP contribution in [-0.2, 0) is 10.9 Å². The summed E-state index contributed by atoms with van der Waals surface area (Å²) in [5.74, 6) is -1.32. The minimum absolute atomic E-state index is 0.0197. The van der Waals surface area contributed by atoms with E-state index in [4.69, 9.17) is 4.74 Å². The number of rotatable bonds is 2. The van der Waals surface area contributed by atoms with Crippen molar-refractivity contribution >= 4 is 6.09 Å². The van der Waals surface area contributed by atoms with Crippen molar-refractivity contribution in [2.24, 2.45) is 0 Å². The summed E-state index contributed by atoms with van der Waals surface area (Å²) in [4.78, 5) is 11.1. The fourth-order valence-corrected chi connectivity index (χ4v) is 1.88. The van der Waals surface area contributed by atoms with Crippen LogP contribution in [0.5, 0.6) is 5.75 Å². The van der Waals surface area contributed by atoms with Gasteiger partial charge in [-0.2, -0.15) is 13.2 Å². The van der Waals surface area contributed by atoms with Crippen LogP contribution < -0.4 is 10.1 Å². The van der Waals surface area contributed by atoms with Crippen LogP contribution in [0.3, 0.4) is 0 Å². The Morgan fingerprint density at radius 2 is 1.80 bits per heavy atom. The van der Waals surface area contributed by atoms with Crippen LogP contribution in [0.4, 0.5) is 22.4 Å². The van der Waals surface area contributed by atoms with Crippen LogP contribution in [0.25, 0.3) is 0 Å². The van der Waals surface area contributed by atoms with Gasteiger partial charge in [0.2, 0.25) is 0 Å². The Kier molecular flexibility index (Phi) is 7.07. The molecule has 0 atom stereocenters. The number of halogens is 4. The Morgan fingerprint density at radius 3 is 2.20 bits per heavy atom. The molecule has 0 aliphatic heterocycles. The number of nitrogens with one attached hydrogen (secondary N) is 1. The predicted octanol–water partition coefficient (Wildman–Crippen LogP) is 4.92. The highest BCUT2D eigenvalue weighted by atomic mass is 19.4. The molecule has 1 aromatic rings. The van der Waals surface area contributed by atoms with Gasteiger partial charge < -0.3 is 14.8 Å². The minimum Gasteiger partial charge on any atom is -0.497 e. The summed E-state index contributed by atoms with van der Waals surface area (Å²) in [7, 11) is 1.22. The van der Waals surface area contributed by atoms with E-state index in [0.717, 1.165) is 25.0 Å². The van der Waals surface area contributed by atoms with Gasteiger partial charge in [0.25, 0.3) is 0 Å². The largest absolute Gasteiger partial charge is 0.497 e. The van der Waals surface area contributed by atoms with Gasteiger partial charge in [0, 0.05) is 6.04 Å². The fourth-order valence-electron chi connectivity index (χ4n) is 1.88. The number of hydrogen-bond acceptors (Lipinski definition) is 3. The predicted molar refractivity (Wildman–Crippen MR) is 85.0 cm³/mol. The molecule has 1 N–H and O–H groups in total. The van der Waals surface area contributed by atoms with Crippen LogP contribution in [-0.4, -0.2) is 24.8 Å². The second kappa shape index (κ2) is 8.40. The first kappa shape index (κ1) is 21.1. The Hall–Kier alpha value is -1.99. The normalized spacial score (nSPS) is 14.7. The van der Waals surface area contributed by atoms with Crippen molar-refractivity contribution < 1.29 is 31.8 Å². The van der Waals surface area contributed by atoms with Crippen molar-refractivity contribution in [1.82, 2.24) is 5.32 Å². The van der Waals surface area contributed by atoms with E-state index in [1.54, 1.807) is 0 Å². The summed E-state index contributed by atoms with van der Waals surface area (Å²) in [6, 6.07) is 2.83. The van der Waals surface area contributed by atoms with E-state index in [-0.39, 0.29) is 17.4 Å². The summed E-state index contributed by atoms with van der Waals surface area (Å²) >= 11 is 0. The molecule has 1 aliphatic rings. The average Bonchev–Trinajstić information content (AvgIpc) is 2.41. The molecule has 8 heteroatoms. The maximum absolute atomic E-state index is 12.6. The number of alkyl carbamates (subject to hydrolysis) is 1. The van der Waals surface area contributed by atoms with Crippen LogP contribution in [0.15, 0.2) is 18.2 Å². The number of carbonyl (C=O) groups is 1. The van der Waals surface area contributed by atoms with Crippen molar-refractivity contribution in [3.63, 3.8) is 0 Å². The zero-order valence-corrected chi connectivity index (χ0v) is 14.7. The molecule has 1 fully saturated rings. The topological polar surface area (TPSA) is 47.6 Å². The van der Waals surface area contributed by atoms with E-state index in [0.29, 0.717) is 12.1 Å². The Bertz CT molecular complexity index is 578. The first-order chi connectivity index (χ1) is 11.4. The minimum atomic E-state index is -4.68. The summed E-state index contributed by atoms with van der Waals surface area (Å²) in [5.41, 5.74) is -1.69. The molecule has 1 amide bonds. The van der Waals surface area contributed by atoms with E-state index in [9.17, 15) is 22.4 Å². The lowest BCUT2D eigenvalue weighted by Crippen LogP contribution is -2.42. The van der Waals surface area contributed by atoms with Crippen LogP contribution >= 0.6 is 0 Å². The smallest absolute Gasteiger partial charge is 0.419 e. The molecule has 1 aromatic carbocycles. The molecule has 0 saturated heterocycles. The molecule has 4 nitrogen and oxygen atoms in total. The highest BCUT2D eigenvalue weighted by Gasteiger charge is 2.34. The first-order valence-corrected chi connectivity index (χ1v) is 7.82. The van der Waals surface area contributed by atoms with E-state index in [2.05, 4.69) is 10.1 Å². The lowest BCUT2D eigenvalue weighted by Gasteiger charge is -2.28. The second-order valence-electron chi connectivity index (χ2n) is 6.62. The third-order valence-electron chi connectivity index (χ3n) is 3.30. The van der Waals surface area contributed by atoms with Crippen molar-refractivity contribution in [2.75, 3.05) is 7.11 Å². The third-order valence-corrected chi connectivity index (χ3v) is 3.30. The third kappa shape index (κ3) is 7.62. The summed E-state index contributed by atoms with van der Waals surface area (Å²) in [5, 5.41) is 2.81. The van der Waals surface area contributed by atoms with Gasteiger partial charge in [-0.25, -0.2) is 9.18 Å². The number of methoxy groups -OCH3 is 1. The quantitative estimate of drug-likeness (QED) is 0.757. The van der Waals surface area contributed by atoms with Gasteiger partial charge in [0.1, 0.15) is 17.2 Å². The van der Waals surface area contributed by atoms with Crippen molar-refractivity contribution in [2.45, 2.75) is 57.9 Å². The number of alkyl halides is 3. The standard InChI is InChI=1S/C9H17NO2.C8H6F4O/c1-9(2,3)12-8(11)10-7-5-4-6-7;1-13-5-2-3-7(9)6(4-5)8(10,11)12/h7H,4-6H2,1-3H3,(H,10,11);2-4H,1H3. The number of ether oxygens (including phenoxy) is 2. The number of benzene rings is 1.